The minimum absolute atomic E-state index is 0.248. The lowest BCUT2D eigenvalue weighted by Crippen LogP contribution is -2.36. The Morgan fingerprint density at radius 2 is 2.05 bits per heavy atom. The third kappa shape index (κ3) is 6.23. The molecule has 0 saturated heterocycles. The van der Waals surface area contributed by atoms with Crippen molar-refractivity contribution < 1.29 is 9.84 Å². The predicted molar refractivity (Wildman–Crippen MR) is 75.0 cm³/mol. The molecule has 1 rings (SSSR count). The lowest BCUT2D eigenvalue weighted by Gasteiger charge is -2.17. The summed E-state index contributed by atoms with van der Waals surface area (Å²) >= 11 is 0. The summed E-state index contributed by atoms with van der Waals surface area (Å²) in [6.45, 7) is 5.02. The number of benzene rings is 1. The third-order valence-electron chi connectivity index (χ3n) is 2.85. The van der Waals surface area contributed by atoms with Gasteiger partial charge in [0.2, 0.25) is 0 Å². The van der Waals surface area contributed by atoms with Gasteiger partial charge >= 0.3 is 0 Å². The molecule has 19 heavy (non-hydrogen) atoms. The average Bonchev–Trinajstić information content (AvgIpc) is 2.44. The quantitative estimate of drug-likeness (QED) is 0.753. The van der Waals surface area contributed by atoms with Crippen LogP contribution in [-0.4, -0.2) is 30.4 Å². The highest BCUT2D eigenvalue weighted by Crippen LogP contribution is 2.11. The van der Waals surface area contributed by atoms with Gasteiger partial charge in [0.05, 0.1) is 11.6 Å². The highest BCUT2D eigenvalue weighted by molar-refractivity contribution is 5.34. The number of hydrogen-bond donors (Lipinski definition) is 2. The average molecular weight is 262 g/mol. The fourth-order valence-corrected chi connectivity index (χ4v) is 1.75. The van der Waals surface area contributed by atoms with Crippen LogP contribution in [0.25, 0.3) is 0 Å². The minimum atomic E-state index is -0.532. The van der Waals surface area contributed by atoms with Gasteiger partial charge in [-0.25, -0.2) is 0 Å². The molecule has 4 nitrogen and oxygen atoms in total. The van der Waals surface area contributed by atoms with E-state index < -0.39 is 6.10 Å². The molecule has 1 aromatic rings. The van der Waals surface area contributed by atoms with Crippen molar-refractivity contribution in [3.8, 4) is 11.8 Å². The zero-order chi connectivity index (χ0) is 14.1. The standard InChI is InChI=1S/C15H22N2O2/c1-3-4-12(2)17-10-14(18)11-19-15-7-5-13(9-16)6-8-15/h5-8,12,14,17-18H,3-4,10-11H2,1-2H3/t12-,14-/m0/s1. The maximum Gasteiger partial charge on any atom is 0.119 e. The second kappa shape index (κ2) is 8.52. The van der Waals surface area contributed by atoms with Crippen LogP contribution in [-0.2, 0) is 0 Å². The fourth-order valence-electron chi connectivity index (χ4n) is 1.75. The molecule has 0 radical (unpaired) electrons. The molecule has 0 fully saturated rings. The van der Waals surface area contributed by atoms with Gasteiger partial charge < -0.3 is 15.2 Å². The number of nitriles is 1. The summed E-state index contributed by atoms with van der Waals surface area (Å²) in [7, 11) is 0. The molecule has 0 unspecified atom stereocenters. The van der Waals surface area contributed by atoms with Crippen molar-refractivity contribution in [2.75, 3.05) is 13.2 Å². The first-order valence-electron chi connectivity index (χ1n) is 6.70. The molecule has 4 heteroatoms. The van der Waals surface area contributed by atoms with Gasteiger partial charge in [0, 0.05) is 12.6 Å². The zero-order valence-corrected chi connectivity index (χ0v) is 11.6. The third-order valence-corrected chi connectivity index (χ3v) is 2.85. The molecular weight excluding hydrogens is 240 g/mol. The van der Waals surface area contributed by atoms with E-state index in [1.54, 1.807) is 24.3 Å². The molecule has 0 aromatic heterocycles. The van der Waals surface area contributed by atoms with Gasteiger partial charge in [-0.1, -0.05) is 13.3 Å². The van der Waals surface area contributed by atoms with E-state index in [0.29, 0.717) is 23.9 Å². The summed E-state index contributed by atoms with van der Waals surface area (Å²) in [5, 5.41) is 21.7. The Balaban J connectivity index is 2.25. The van der Waals surface area contributed by atoms with Crippen LogP contribution in [0.3, 0.4) is 0 Å². The Labute approximate surface area is 115 Å². The molecule has 0 bridgehead atoms. The van der Waals surface area contributed by atoms with E-state index in [1.165, 1.54) is 0 Å². The van der Waals surface area contributed by atoms with Crippen LogP contribution in [0.15, 0.2) is 24.3 Å². The Bertz CT molecular complexity index is 398. The molecule has 2 atom stereocenters. The van der Waals surface area contributed by atoms with Crippen LogP contribution >= 0.6 is 0 Å². The monoisotopic (exact) mass is 262 g/mol. The van der Waals surface area contributed by atoms with Crippen molar-refractivity contribution in [2.24, 2.45) is 0 Å². The van der Waals surface area contributed by atoms with E-state index in [9.17, 15) is 5.11 Å². The number of aliphatic hydroxyl groups excluding tert-OH is 1. The molecule has 0 amide bonds. The Kier molecular flexibility index (Phi) is 6.94. The fraction of sp³-hybridized carbons (Fsp3) is 0.533. The van der Waals surface area contributed by atoms with Gasteiger partial charge in [-0.15, -0.1) is 0 Å². The second-order valence-corrected chi connectivity index (χ2v) is 4.70. The van der Waals surface area contributed by atoms with Crippen molar-refractivity contribution in [3.63, 3.8) is 0 Å². The summed E-state index contributed by atoms with van der Waals surface area (Å²) in [6.07, 6.45) is 1.70. The van der Waals surface area contributed by atoms with Gasteiger partial charge in [0.1, 0.15) is 18.5 Å². The topological polar surface area (TPSA) is 65.3 Å². The van der Waals surface area contributed by atoms with Crippen LogP contribution in [0.1, 0.15) is 32.3 Å². The second-order valence-electron chi connectivity index (χ2n) is 4.70. The molecule has 104 valence electrons. The maximum atomic E-state index is 9.79. The van der Waals surface area contributed by atoms with Gasteiger partial charge in [0.25, 0.3) is 0 Å². The highest BCUT2D eigenvalue weighted by Gasteiger charge is 2.07. The molecule has 1 aromatic carbocycles. The van der Waals surface area contributed by atoms with E-state index in [0.717, 1.165) is 12.8 Å². The largest absolute Gasteiger partial charge is 0.491 e. The van der Waals surface area contributed by atoms with Gasteiger partial charge in [0.15, 0.2) is 0 Å². The SMILES string of the molecule is CCC[C@H](C)NC[C@H](O)COc1ccc(C#N)cc1. The van der Waals surface area contributed by atoms with Gasteiger partial charge in [-0.05, 0) is 37.6 Å². The predicted octanol–water partition coefficient (Wildman–Crippen LogP) is 2.08. The molecule has 0 saturated carbocycles. The van der Waals surface area contributed by atoms with Crippen molar-refractivity contribution in [1.29, 1.82) is 5.26 Å². The van der Waals surface area contributed by atoms with Crippen LogP contribution in [0.4, 0.5) is 0 Å². The minimum Gasteiger partial charge on any atom is -0.491 e. The van der Waals surface area contributed by atoms with Crippen LogP contribution in [0, 0.1) is 11.3 Å². The van der Waals surface area contributed by atoms with Crippen LogP contribution < -0.4 is 10.1 Å². The summed E-state index contributed by atoms with van der Waals surface area (Å²) in [4.78, 5) is 0. The number of aliphatic hydroxyl groups is 1. The van der Waals surface area contributed by atoms with Gasteiger partial charge in [-0.3, -0.25) is 0 Å². The van der Waals surface area contributed by atoms with E-state index in [-0.39, 0.29) is 6.61 Å². The number of nitrogens with one attached hydrogen (secondary N) is 1. The number of hydrogen-bond acceptors (Lipinski definition) is 4. The Morgan fingerprint density at radius 1 is 1.37 bits per heavy atom. The normalized spacial score (nSPS) is 13.6. The van der Waals surface area contributed by atoms with Crippen molar-refractivity contribution in [1.82, 2.24) is 5.32 Å². The smallest absolute Gasteiger partial charge is 0.119 e. The van der Waals surface area contributed by atoms with Crippen molar-refractivity contribution in [3.05, 3.63) is 29.8 Å². The van der Waals surface area contributed by atoms with Crippen molar-refractivity contribution in [2.45, 2.75) is 38.8 Å². The van der Waals surface area contributed by atoms with Gasteiger partial charge in [-0.2, -0.15) is 5.26 Å². The molecular formula is C15H22N2O2. The number of ether oxygens (including phenoxy) is 1. The first-order valence-corrected chi connectivity index (χ1v) is 6.70. The highest BCUT2D eigenvalue weighted by atomic mass is 16.5. The molecule has 0 spiro atoms. The number of nitrogens with zero attached hydrogens (tertiary/aromatic N) is 1. The first kappa shape index (κ1) is 15.5. The summed E-state index contributed by atoms with van der Waals surface area (Å²) < 4.78 is 5.46. The molecule has 0 heterocycles. The number of rotatable bonds is 8. The van der Waals surface area contributed by atoms with E-state index in [2.05, 4.69) is 19.2 Å². The van der Waals surface area contributed by atoms with E-state index in [4.69, 9.17) is 10.00 Å². The molecule has 0 aliphatic rings. The molecule has 0 aliphatic heterocycles. The maximum absolute atomic E-state index is 9.79. The van der Waals surface area contributed by atoms with E-state index >= 15 is 0 Å². The van der Waals surface area contributed by atoms with E-state index in [1.807, 2.05) is 6.07 Å². The van der Waals surface area contributed by atoms with Crippen LogP contribution in [0.5, 0.6) is 5.75 Å². The summed E-state index contributed by atoms with van der Waals surface area (Å²) in [5.41, 5.74) is 0.600. The van der Waals surface area contributed by atoms with Crippen molar-refractivity contribution >= 4 is 0 Å². The lowest BCUT2D eigenvalue weighted by molar-refractivity contribution is 0.104. The first-order chi connectivity index (χ1) is 9.15. The summed E-state index contributed by atoms with van der Waals surface area (Å²) in [5.74, 6) is 0.666. The lowest BCUT2D eigenvalue weighted by atomic mass is 10.2. The Morgan fingerprint density at radius 3 is 2.63 bits per heavy atom. The van der Waals surface area contributed by atoms with Crippen LogP contribution in [0.2, 0.25) is 0 Å². The zero-order valence-electron chi connectivity index (χ0n) is 11.6. The molecule has 0 aliphatic carbocycles. The molecule has 2 N–H and O–H groups in total. The summed E-state index contributed by atoms with van der Waals surface area (Å²) in [6, 6.07) is 9.32. The Hall–Kier alpha value is -1.57.